The van der Waals surface area contributed by atoms with Crippen LogP contribution in [0.5, 0.6) is 0 Å². The summed E-state index contributed by atoms with van der Waals surface area (Å²) in [6.07, 6.45) is 7.95. The smallest absolute Gasteiger partial charge is 0.182 e. The zero-order valence-corrected chi connectivity index (χ0v) is 10.8. The van der Waals surface area contributed by atoms with Gasteiger partial charge in [0.25, 0.3) is 0 Å². The van der Waals surface area contributed by atoms with E-state index in [0.717, 1.165) is 23.6 Å². The summed E-state index contributed by atoms with van der Waals surface area (Å²) in [5, 5.41) is 3.49. The Morgan fingerprint density at radius 1 is 1.33 bits per heavy atom. The zero-order chi connectivity index (χ0) is 12.4. The number of halogens is 1. The van der Waals surface area contributed by atoms with E-state index in [1.54, 1.807) is 12.7 Å². The minimum atomic E-state index is 0.448. The Morgan fingerprint density at radius 3 is 3.17 bits per heavy atom. The Balaban J connectivity index is 1.77. The summed E-state index contributed by atoms with van der Waals surface area (Å²) in [6.45, 7) is 0. The highest BCUT2D eigenvalue weighted by Crippen LogP contribution is 2.28. The van der Waals surface area contributed by atoms with Crippen LogP contribution in [0.15, 0.2) is 12.7 Å². The summed E-state index contributed by atoms with van der Waals surface area (Å²) in [4.78, 5) is 15.6. The summed E-state index contributed by atoms with van der Waals surface area (Å²) >= 11 is 5.96. The van der Waals surface area contributed by atoms with Gasteiger partial charge in [-0.15, -0.1) is 11.6 Å². The number of alkyl halides is 1. The number of hydrogen-bond donors (Lipinski definition) is 2. The molecule has 2 aromatic rings. The lowest BCUT2D eigenvalue weighted by molar-refractivity contribution is 0.362. The van der Waals surface area contributed by atoms with Crippen LogP contribution in [0, 0.1) is 5.92 Å². The van der Waals surface area contributed by atoms with Gasteiger partial charge in [0, 0.05) is 11.9 Å². The molecule has 2 aromatic heterocycles. The van der Waals surface area contributed by atoms with E-state index in [-0.39, 0.29) is 0 Å². The van der Waals surface area contributed by atoms with Gasteiger partial charge in [-0.1, -0.05) is 6.42 Å². The molecule has 1 saturated carbocycles. The van der Waals surface area contributed by atoms with Gasteiger partial charge >= 0.3 is 0 Å². The Bertz CT molecular complexity index is 526. The van der Waals surface area contributed by atoms with E-state index in [0.29, 0.717) is 17.6 Å². The molecule has 2 heterocycles. The Labute approximate surface area is 110 Å². The van der Waals surface area contributed by atoms with Gasteiger partial charge in [-0.05, 0) is 25.2 Å². The predicted molar refractivity (Wildman–Crippen MR) is 71.8 cm³/mol. The number of fused-ring (bicyclic) bond motifs is 1. The van der Waals surface area contributed by atoms with Crippen LogP contribution < -0.4 is 5.32 Å². The number of nitrogens with zero attached hydrogens (tertiary/aromatic N) is 3. The fraction of sp³-hybridized carbons (Fsp3) is 0.583. The lowest BCUT2D eigenvalue weighted by atomic mass is 9.87. The highest BCUT2D eigenvalue weighted by molar-refractivity contribution is 6.18. The molecular formula is C12H16ClN5. The lowest BCUT2D eigenvalue weighted by Gasteiger charge is -2.28. The van der Waals surface area contributed by atoms with E-state index in [9.17, 15) is 0 Å². The molecule has 2 atom stereocenters. The molecule has 1 aliphatic carbocycles. The minimum absolute atomic E-state index is 0.448. The number of imidazole rings is 1. The Hall–Kier alpha value is -1.36. The molecule has 0 aromatic carbocycles. The number of H-pyrrole nitrogens is 1. The van der Waals surface area contributed by atoms with Gasteiger partial charge in [0.2, 0.25) is 0 Å². The molecule has 1 aliphatic rings. The molecule has 0 bridgehead atoms. The summed E-state index contributed by atoms with van der Waals surface area (Å²) in [5.41, 5.74) is 1.59. The number of aromatic amines is 1. The summed E-state index contributed by atoms with van der Waals surface area (Å²) in [7, 11) is 0. The molecule has 0 amide bonds. The summed E-state index contributed by atoms with van der Waals surface area (Å²) in [6, 6.07) is 0.448. The first-order valence-corrected chi connectivity index (χ1v) is 6.87. The average Bonchev–Trinajstić information content (AvgIpc) is 2.88. The minimum Gasteiger partial charge on any atom is -0.365 e. The maximum Gasteiger partial charge on any atom is 0.182 e. The van der Waals surface area contributed by atoms with E-state index in [1.165, 1.54) is 19.3 Å². The van der Waals surface area contributed by atoms with Crippen molar-refractivity contribution < 1.29 is 0 Å². The van der Waals surface area contributed by atoms with Gasteiger partial charge in [0.15, 0.2) is 11.5 Å². The first-order chi connectivity index (χ1) is 8.86. The highest BCUT2D eigenvalue weighted by Gasteiger charge is 2.22. The molecule has 18 heavy (non-hydrogen) atoms. The van der Waals surface area contributed by atoms with Gasteiger partial charge in [-0.25, -0.2) is 15.0 Å². The van der Waals surface area contributed by atoms with E-state index in [4.69, 9.17) is 11.6 Å². The second-order valence-electron chi connectivity index (χ2n) is 4.85. The Morgan fingerprint density at radius 2 is 2.28 bits per heavy atom. The lowest BCUT2D eigenvalue weighted by Crippen LogP contribution is -2.28. The average molecular weight is 266 g/mol. The van der Waals surface area contributed by atoms with Gasteiger partial charge in [-0.3, -0.25) is 0 Å². The third-order valence-electron chi connectivity index (χ3n) is 3.56. The van der Waals surface area contributed by atoms with Crippen molar-refractivity contribution in [2.45, 2.75) is 31.7 Å². The molecule has 96 valence electrons. The normalized spacial score (nSPS) is 24.3. The van der Waals surface area contributed by atoms with E-state index in [2.05, 4.69) is 25.3 Å². The van der Waals surface area contributed by atoms with Crippen molar-refractivity contribution >= 4 is 28.6 Å². The van der Waals surface area contributed by atoms with Gasteiger partial charge in [0.05, 0.1) is 6.33 Å². The molecule has 5 nitrogen and oxygen atoms in total. The maximum atomic E-state index is 5.96. The fourth-order valence-electron chi connectivity index (χ4n) is 2.63. The van der Waals surface area contributed by atoms with Gasteiger partial charge in [0.1, 0.15) is 11.8 Å². The molecule has 0 radical (unpaired) electrons. The standard InChI is InChI=1S/C12H16ClN5/c13-5-8-2-1-3-9(4-8)18-12-10-11(15-6-14-10)16-7-17-12/h6-9H,1-5H2,(H2,14,15,16,17,18). The number of nitrogens with one attached hydrogen (secondary N) is 2. The van der Waals surface area contributed by atoms with Crippen molar-refractivity contribution in [3.63, 3.8) is 0 Å². The van der Waals surface area contributed by atoms with Gasteiger partial charge in [-0.2, -0.15) is 0 Å². The molecule has 0 spiro atoms. The van der Waals surface area contributed by atoms with E-state index in [1.807, 2.05) is 0 Å². The van der Waals surface area contributed by atoms with Crippen LogP contribution in [-0.4, -0.2) is 31.9 Å². The van der Waals surface area contributed by atoms with Crippen LogP contribution >= 0.6 is 11.6 Å². The predicted octanol–water partition coefficient (Wildman–Crippen LogP) is 2.56. The van der Waals surface area contributed by atoms with Crippen LogP contribution in [0.3, 0.4) is 0 Å². The molecule has 2 N–H and O–H groups in total. The van der Waals surface area contributed by atoms with Crippen LogP contribution in [0.25, 0.3) is 11.2 Å². The molecule has 3 rings (SSSR count). The third-order valence-corrected chi connectivity index (χ3v) is 4.00. The molecule has 2 unspecified atom stereocenters. The highest BCUT2D eigenvalue weighted by atomic mass is 35.5. The van der Waals surface area contributed by atoms with Crippen LogP contribution in [-0.2, 0) is 0 Å². The number of aromatic nitrogens is 4. The molecule has 0 aliphatic heterocycles. The molecule has 1 fully saturated rings. The molecular weight excluding hydrogens is 250 g/mol. The van der Waals surface area contributed by atoms with E-state index < -0.39 is 0 Å². The SMILES string of the molecule is ClCC1CCCC(Nc2ncnc3nc[nH]c23)C1. The maximum absolute atomic E-state index is 5.96. The summed E-state index contributed by atoms with van der Waals surface area (Å²) < 4.78 is 0. The fourth-order valence-corrected chi connectivity index (χ4v) is 2.91. The molecule has 6 heteroatoms. The number of hydrogen-bond acceptors (Lipinski definition) is 4. The van der Waals surface area contributed by atoms with Crippen molar-refractivity contribution in [2.75, 3.05) is 11.2 Å². The number of anilines is 1. The summed E-state index contributed by atoms with van der Waals surface area (Å²) in [5.74, 6) is 2.22. The van der Waals surface area contributed by atoms with Crippen molar-refractivity contribution in [2.24, 2.45) is 5.92 Å². The van der Waals surface area contributed by atoms with Crippen molar-refractivity contribution in [1.82, 2.24) is 19.9 Å². The van der Waals surface area contributed by atoms with E-state index >= 15 is 0 Å². The number of rotatable bonds is 3. The zero-order valence-electron chi connectivity index (χ0n) is 10.1. The van der Waals surface area contributed by atoms with Crippen molar-refractivity contribution in [3.8, 4) is 0 Å². The second-order valence-corrected chi connectivity index (χ2v) is 5.16. The quantitative estimate of drug-likeness (QED) is 0.837. The first kappa shape index (κ1) is 11.7. The topological polar surface area (TPSA) is 66.5 Å². The van der Waals surface area contributed by atoms with Crippen molar-refractivity contribution in [1.29, 1.82) is 0 Å². The molecule has 0 saturated heterocycles. The first-order valence-electron chi connectivity index (χ1n) is 6.33. The van der Waals surface area contributed by atoms with Crippen molar-refractivity contribution in [3.05, 3.63) is 12.7 Å². The van der Waals surface area contributed by atoms with Crippen LogP contribution in [0.4, 0.5) is 5.82 Å². The Kier molecular flexibility index (Phi) is 3.32. The third kappa shape index (κ3) is 2.27. The monoisotopic (exact) mass is 265 g/mol. The largest absolute Gasteiger partial charge is 0.365 e. The van der Waals surface area contributed by atoms with Gasteiger partial charge < -0.3 is 10.3 Å². The van der Waals surface area contributed by atoms with Crippen LogP contribution in [0.2, 0.25) is 0 Å². The van der Waals surface area contributed by atoms with Crippen LogP contribution in [0.1, 0.15) is 25.7 Å². The second kappa shape index (κ2) is 5.10.